The van der Waals surface area contributed by atoms with Gasteiger partial charge in [-0.1, -0.05) is 44.0 Å². The molecular formula is C18H14Br2N2O. The van der Waals surface area contributed by atoms with Crippen molar-refractivity contribution in [2.45, 2.75) is 18.3 Å². The van der Waals surface area contributed by atoms with E-state index in [4.69, 9.17) is 0 Å². The van der Waals surface area contributed by atoms with E-state index in [9.17, 15) is 4.79 Å². The quantitative estimate of drug-likeness (QED) is 0.506. The fourth-order valence-electron chi connectivity index (χ4n) is 3.19. The van der Waals surface area contributed by atoms with Gasteiger partial charge in [-0.2, -0.15) is 0 Å². The number of rotatable bonds is 1. The first-order valence-corrected chi connectivity index (χ1v) is 9.30. The number of nitrogens with one attached hydrogen (secondary N) is 1. The van der Waals surface area contributed by atoms with Gasteiger partial charge in [0, 0.05) is 26.3 Å². The molecule has 0 bridgehead atoms. The summed E-state index contributed by atoms with van der Waals surface area (Å²) in [5.74, 6) is 0.0112. The topological polar surface area (TPSA) is 34.0 Å². The lowest BCUT2D eigenvalue weighted by molar-refractivity contribution is -0.118. The molecule has 3 nitrogen and oxygen atoms in total. The first-order valence-electron chi connectivity index (χ1n) is 7.39. The summed E-state index contributed by atoms with van der Waals surface area (Å²) in [4.78, 5) is 12.6. The fourth-order valence-corrected chi connectivity index (χ4v) is 3.92. The van der Waals surface area contributed by atoms with Crippen LogP contribution in [0.5, 0.6) is 0 Å². The second-order valence-corrected chi connectivity index (χ2v) is 7.26. The van der Waals surface area contributed by atoms with E-state index in [1.165, 1.54) is 0 Å². The normalized spacial score (nSPS) is 16.7. The third-order valence-corrected chi connectivity index (χ3v) is 5.48. The minimum atomic E-state index is -0.261. The summed E-state index contributed by atoms with van der Waals surface area (Å²) in [6.07, 6.45) is 0. The van der Waals surface area contributed by atoms with Crippen molar-refractivity contribution in [3.63, 3.8) is 0 Å². The molecule has 0 saturated carbocycles. The molecule has 1 amide bonds. The van der Waals surface area contributed by atoms with E-state index >= 15 is 0 Å². The van der Waals surface area contributed by atoms with Gasteiger partial charge in [0.05, 0.1) is 11.4 Å². The molecule has 1 aliphatic rings. The van der Waals surface area contributed by atoms with Crippen molar-refractivity contribution < 1.29 is 4.79 Å². The Morgan fingerprint density at radius 3 is 2.78 bits per heavy atom. The summed E-state index contributed by atoms with van der Waals surface area (Å²) in [7, 11) is 0. The van der Waals surface area contributed by atoms with Crippen molar-refractivity contribution in [3.05, 3.63) is 52.5 Å². The van der Waals surface area contributed by atoms with Crippen LogP contribution in [0.3, 0.4) is 0 Å². The Morgan fingerprint density at radius 1 is 1.17 bits per heavy atom. The maximum Gasteiger partial charge on any atom is 0.247 e. The van der Waals surface area contributed by atoms with E-state index in [1.54, 1.807) is 0 Å². The van der Waals surface area contributed by atoms with Crippen LogP contribution in [-0.2, 0) is 10.1 Å². The zero-order chi connectivity index (χ0) is 16.1. The Bertz CT molecular complexity index is 946. The van der Waals surface area contributed by atoms with Crippen LogP contribution < -0.4 is 5.32 Å². The molecule has 3 aromatic rings. The van der Waals surface area contributed by atoms with E-state index in [-0.39, 0.29) is 11.9 Å². The highest BCUT2D eigenvalue weighted by molar-refractivity contribution is 9.10. The Morgan fingerprint density at radius 2 is 2.00 bits per heavy atom. The van der Waals surface area contributed by atoms with Crippen LogP contribution in [0.1, 0.15) is 18.5 Å². The highest BCUT2D eigenvalue weighted by Gasteiger charge is 2.26. The van der Waals surface area contributed by atoms with Gasteiger partial charge in [0.25, 0.3) is 0 Å². The standard InChI is InChI=1S/C18H14Br2N2O/c1-10-18(23)21-15-6-11(9-19)2-4-14(15)17-8-12-7-13(20)3-5-16(12)22(10)17/h2-8,10H,9H2,1H3,(H,21,23). The van der Waals surface area contributed by atoms with Crippen molar-refractivity contribution in [3.8, 4) is 11.3 Å². The second-order valence-electron chi connectivity index (χ2n) is 5.78. The van der Waals surface area contributed by atoms with Crippen molar-refractivity contribution >= 4 is 54.4 Å². The number of carbonyl (C=O) groups is 1. The largest absolute Gasteiger partial charge is 0.328 e. The number of hydrogen-bond acceptors (Lipinski definition) is 1. The molecule has 116 valence electrons. The summed E-state index contributed by atoms with van der Waals surface area (Å²) in [6, 6.07) is 14.3. The van der Waals surface area contributed by atoms with E-state index in [0.717, 1.165) is 43.2 Å². The fraction of sp³-hybridized carbons (Fsp3) is 0.167. The number of carbonyl (C=O) groups excluding carboxylic acids is 1. The van der Waals surface area contributed by atoms with Crippen LogP contribution in [0, 0.1) is 0 Å². The van der Waals surface area contributed by atoms with Crippen molar-refractivity contribution in [2.75, 3.05) is 5.32 Å². The van der Waals surface area contributed by atoms with Crippen LogP contribution in [0.25, 0.3) is 22.2 Å². The number of fused-ring (bicyclic) bond motifs is 5. The Kier molecular flexibility index (Phi) is 3.58. The van der Waals surface area contributed by atoms with Gasteiger partial charge in [0.1, 0.15) is 6.04 Å². The minimum Gasteiger partial charge on any atom is -0.328 e. The molecule has 0 fully saturated rings. The lowest BCUT2D eigenvalue weighted by Crippen LogP contribution is -2.21. The molecule has 5 heteroatoms. The average molecular weight is 434 g/mol. The first kappa shape index (κ1) is 15.0. The van der Waals surface area contributed by atoms with Gasteiger partial charge >= 0.3 is 0 Å². The van der Waals surface area contributed by atoms with Crippen molar-refractivity contribution in [1.29, 1.82) is 0 Å². The number of aromatic nitrogens is 1. The molecule has 2 aromatic carbocycles. The molecule has 1 aliphatic heterocycles. The smallest absolute Gasteiger partial charge is 0.247 e. The second kappa shape index (κ2) is 5.49. The number of hydrogen-bond donors (Lipinski definition) is 1. The number of alkyl halides is 1. The predicted molar refractivity (Wildman–Crippen MR) is 101 cm³/mol. The number of anilines is 1. The monoisotopic (exact) mass is 432 g/mol. The van der Waals surface area contributed by atoms with E-state index in [1.807, 2.05) is 19.1 Å². The van der Waals surface area contributed by atoms with Crippen molar-refractivity contribution in [2.24, 2.45) is 0 Å². The molecular weight excluding hydrogens is 420 g/mol. The molecule has 1 atom stereocenters. The van der Waals surface area contributed by atoms with E-state index in [0.29, 0.717) is 0 Å². The summed E-state index contributed by atoms with van der Waals surface area (Å²) in [5.41, 5.74) is 5.21. The molecule has 1 aromatic heterocycles. The summed E-state index contributed by atoms with van der Waals surface area (Å²) in [5, 5.41) is 4.96. The van der Waals surface area contributed by atoms with Gasteiger partial charge in [-0.05, 0) is 42.8 Å². The Hall–Kier alpha value is -1.59. The average Bonchev–Trinajstić information content (AvgIpc) is 2.87. The maximum absolute atomic E-state index is 12.6. The third kappa shape index (κ3) is 2.34. The van der Waals surface area contributed by atoms with Crippen LogP contribution in [-0.4, -0.2) is 10.5 Å². The maximum atomic E-state index is 12.6. The molecule has 1 N–H and O–H groups in total. The highest BCUT2D eigenvalue weighted by Crippen LogP contribution is 2.39. The molecule has 0 spiro atoms. The minimum absolute atomic E-state index is 0.0112. The van der Waals surface area contributed by atoms with Crippen LogP contribution in [0.4, 0.5) is 5.69 Å². The number of amides is 1. The summed E-state index contributed by atoms with van der Waals surface area (Å²) >= 11 is 7.00. The third-order valence-electron chi connectivity index (χ3n) is 4.34. The van der Waals surface area contributed by atoms with Gasteiger partial charge in [-0.3, -0.25) is 4.79 Å². The summed E-state index contributed by atoms with van der Waals surface area (Å²) < 4.78 is 3.16. The highest BCUT2D eigenvalue weighted by atomic mass is 79.9. The van der Waals surface area contributed by atoms with Gasteiger partial charge < -0.3 is 9.88 Å². The molecule has 4 rings (SSSR count). The molecule has 0 radical (unpaired) electrons. The molecule has 23 heavy (non-hydrogen) atoms. The zero-order valence-electron chi connectivity index (χ0n) is 12.4. The van der Waals surface area contributed by atoms with E-state index in [2.05, 4.69) is 72.1 Å². The Balaban J connectivity index is 2.06. The van der Waals surface area contributed by atoms with E-state index < -0.39 is 0 Å². The van der Waals surface area contributed by atoms with Gasteiger partial charge in [-0.15, -0.1) is 0 Å². The number of nitrogens with zero attached hydrogens (tertiary/aromatic N) is 1. The zero-order valence-corrected chi connectivity index (χ0v) is 15.6. The lowest BCUT2D eigenvalue weighted by atomic mass is 10.1. The Labute approximate surface area is 150 Å². The lowest BCUT2D eigenvalue weighted by Gasteiger charge is -2.14. The predicted octanol–water partition coefficient (Wildman–Crippen LogP) is 5.48. The first-order chi connectivity index (χ1) is 11.1. The SMILES string of the molecule is CC1C(=O)Nc2cc(CBr)ccc2-c2cc3cc(Br)ccc3n21. The number of benzene rings is 2. The van der Waals surface area contributed by atoms with Gasteiger partial charge in [0.15, 0.2) is 0 Å². The van der Waals surface area contributed by atoms with Gasteiger partial charge in [0.2, 0.25) is 5.91 Å². The molecule has 2 heterocycles. The van der Waals surface area contributed by atoms with Gasteiger partial charge in [-0.25, -0.2) is 0 Å². The molecule has 0 aliphatic carbocycles. The summed E-state index contributed by atoms with van der Waals surface area (Å²) in [6.45, 7) is 1.94. The number of halogens is 2. The van der Waals surface area contributed by atoms with Crippen LogP contribution >= 0.6 is 31.9 Å². The van der Waals surface area contributed by atoms with Crippen molar-refractivity contribution in [1.82, 2.24) is 4.57 Å². The molecule has 1 unspecified atom stereocenters. The van der Waals surface area contributed by atoms with Crippen LogP contribution in [0.15, 0.2) is 46.9 Å². The van der Waals surface area contributed by atoms with Crippen LogP contribution in [0.2, 0.25) is 0 Å². The molecule has 0 saturated heterocycles.